The molecule has 1 fully saturated rings. The van der Waals surface area contributed by atoms with E-state index in [-0.39, 0.29) is 24.0 Å². The van der Waals surface area contributed by atoms with E-state index in [2.05, 4.69) is 49.1 Å². The fraction of sp³-hybridized carbons (Fsp3) is 0.510. The summed E-state index contributed by atoms with van der Waals surface area (Å²) in [6, 6.07) is 12.7. The number of nitrogens with zero attached hydrogens (tertiary/aromatic N) is 7. The van der Waals surface area contributed by atoms with Gasteiger partial charge in [0.2, 0.25) is 5.91 Å². The van der Waals surface area contributed by atoms with Gasteiger partial charge in [-0.25, -0.2) is 19.2 Å². The van der Waals surface area contributed by atoms with E-state index >= 15 is 4.39 Å². The van der Waals surface area contributed by atoms with Crippen LogP contribution in [0.5, 0.6) is 5.75 Å². The minimum absolute atomic E-state index is 0.00483. The maximum absolute atomic E-state index is 15.1. The van der Waals surface area contributed by atoms with E-state index in [1.54, 1.807) is 23.5 Å². The van der Waals surface area contributed by atoms with Crippen molar-refractivity contribution in [1.82, 2.24) is 30.0 Å². The van der Waals surface area contributed by atoms with E-state index in [1.807, 2.05) is 41.0 Å². The summed E-state index contributed by atoms with van der Waals surface area (Å²) >= 11 is 2.88. The number of benzene rings is 2. The zero-order valence-electron chi connectivity index (χ0n) is 37.3. The number of thiazole rings is 2. The second kappa shape index (κ2) is 23.7. The number of aryl methyl sites for hydroxylation is 1. The van der Waals surface area contributed by atoms with Crippen LogP contribution in [0.2, 0.25) is 0 Å². The second-order valence-electron chi connectivity index (χ2n) is 16.8. The summed E-state index contributed by atoms with van der Waals surface area (Å²) in [6.45, 7) is 8.66. The first-order chi connectivity index (χ1) is 31.3. The smallest absolute Gasteiger partial charge is 0.355 e. The van der Waals surface area contributed by atoms with Crippen molar-refractivity contribution >= 4 is 66.7 Å². The zero-order chi connectivity index (χ0) is 44.7. The minimum Gasteiger partial charge on any atom is -0.491 e. The van der Waals surface area contributed by atoms with Crippen molar-refractivity contribution in [2.75, 3.05) is 56.1 Å². The summed E-state index contributed by atoms with van der Waals surface area (Å²) in [6.07, 6.45) is 17.2. The molecule has 5 aromatic rings. The van der Waals surface area contributed by atoms with Gasteiger partial charge in [-0.2, -0.15) is 0 Å². The quantitative estimate of drug-likeness (QED) is 0.0507. The number of nitrogens with one attached hydrogen (secondary N) is 1. The van der Waals surface area contributed by atoms with Crippen molar-refractivity contribution in [2.45, 2.75) is 117 Å². The van der Waals surface area contributed by atoms with Crippen molar-refractivity contribution in [3.63, 3.8) is 0 Å². The van der Waals surface area contributed by atoms with E-state index in [4.69, 9.17) is 4.74 Å². The highest BCUT2D eigenvalue weighted by Crippen LogP contribution is 2.39. The Kier molecular flexibility index (Phi) is 17.3. The topological polar surface area (TPSA) is 137 Å². The Morgan fingerprint density at radius 2 is 1.64 bits per heavy atom. The molecule has 0 aliphatic carbocycles. The first-order valence-corrected chi connectivity index (χ1v) is 24.8. The normalized spacial score (nSPS) is 14.0. The van der Waals surface area contributed by atoms with Gasteiger partial charge in [0.1, 0.15) is 0 Å². The van der Waals surface area contributed by atoms with Gasteiger partial charge in [-0.05, 0) is 69.4 Å². The van der Waals surface area contributed by atoms with Gasteiger partial charge in [0.05, 0.1) is 23.4 Å². The molecule has 5 heterocycles. The lowest BCUT2D eigenvalue weighted by atomic mass is 10.0. The number of unbranched alkanes of at least 4 members (excludes halogenated alkanes) is 10. The van der Waals surface area contributed by atoms with Crippen LogP contribution in [0.25, 0.3) is 10.2 Å². The van der Waals surface area contributed by atoms with E-state index in [1.165, 1.54) is 75.2 Å². The number of rotatable bonds is 22. The van der Waals surface area contributed by atoms with E-state index in [0.717, 1.165) is 78.3 Å². The highest BCUT2D eigenvalue weighted by molar-refractivity contribution is 7.22. The van der Waals surface area contributed by atoms with Crippen molar-refractivity contribution in [3.05, 3.63) is 75.5 Å². The van der Waals surface area contributed by atoms with Gasteiger partial charge in [0, 0.05) is 60.7 Å². The molecule has 2 aliphatic heterocycles. The first kappa shape index (κ1) is 46.8. The lowest BCUT2D eigenvalue weighted by Gasteiger charge is -2.33. The maximum atomic E-state index is 15.1. The third-order valence-corrected chi connectivity index (χ3v) is 14.1. The fourth-order valence-corrected chi connectivity index (χ4v) is 10.3. The van der Waals surface area contributed by atoms with Crippen molar-refractivity contribution in [3.8, 4) is 17.6 Å². The Morgan fingerprint density at radius 1 is 0.891 bits per heavy atom. The summed E-state index contributed by atoms with van der Waals surface area (Å²) in [7, 11) is 0. The Balaban J connectivity index is 0.826. The molecule has 1 saturated heterocycles. The van der Waals surface area contributed by atoms with E-state index in [9.17, 15) is 14.7 Å². The lowest BCUT2D eigenvalue weighted by Crippen LogP contribution is -2.48. The summed E-state index contributed by atoms with van der Waals surface area (Å²) in [5, 5.41) is 23.8. The van der Waals surface area contributed by atoms with Crippen LogP contribution >= 0.6 is 22.7 Å². The number of aromatic carboxylic acids is 1. The van der Waals surface area contributed by atoms with Crippen LogP contribution in [0.15, 0.2) is 42.5 Å². The highest BCUT2D eigenvalue weighted by atomic mass is 32.1. The van der Waals surface area contributed by atoms with Gasteiger partial charge in [0.15, 0.2) is 39.2 Å². The maximum Gasteiger partial charge on any atom is 0.355 e. The van der Waals surface area contributed by atoms with Gasteiger partial charge in [-0.1, -0.05) is 106 Å². The molecule has 12 nitrogen and oxygen atoms in total. The number of halogens is 1. The third-order valence-electron chi connectivity index (χ3n) is 12.0. The number of hydrogen-bond acceptors (Lipinski definition) is 12. The largest absolute Gasteiger partial charge is 0.491 e. The molecule has 1 amide bonds. The van der Waals surface area contributed by atoms with Gasteiger partial charge >= 0.3 is 5.97 Å². The Morgan fingerprint density at radius 3 is 2.38 bits per heavy atom. The molecule has 15 heteroatoms. The Bertz CT molecular complexity index is 2370. The van der Waals surface area contributed by atoms with Crippen LogP contribution in [-0.4, -0.2) is 92.8 Å². The standard InChI is InChI=1S/C49H61FN8O4S2/c1-3-4-5-6-7-8-9-10-11-12-13-24-43(59)57-31-29-56(30-32-57)27-16-19-36-25-26-40(38(50)34-36)62-33-18-23-42-44(47(60)61)52-49(64-42)58-28-17-20-37-35(2)45(54-55-46(37)58)53-48-51-39-21-14-15-22-41(39)63-48/h14-15,21-22,25-26,34H,3-13,17-18,20,23-24,27-33H2,1-2H3,(H,60,61)(H,51,53,54). The molecule has 2 aromatic carbocycles. The molecular formula is C49H61FN8O4S2. The highest BCUT2D eigenvalue weighted by Gasteiger charge is 2.29. The average molecular weight is 909 g/mol. The number of para-hydroxylation sites is 1. The Labute approximate surface area is 384 Å². The number of carbonyl (C=O) groups excluding carboxylic acids is 1. The minimum atomic E-state index is -1.10. The Hall–Kier alpha value is -5.17. The van der Waals surface area contributed by atoms with Gasteiger partial charge < -0.3 is 25.0 Å². The van der Waals surface area contributed by atoms with Crippen LogP contribution in [-0.2, 0) is 17.6 Å². The molecule has 0 atom stereocenters. The van der Waals surface area contributed by atoms with E-state index in [0.29, 0.717) is 59.6 Å². The zero-order valence-corrected chi connectivity index (χ0v) is 38.9. The van der Waals surface area contributed by atoms with Crippen molar-refractivity contribution in [1.29, 1.82) is 0 Å². The number of carboxylic acids is 1. The van der Waals surface area contributed by atoms with Crippen LogP contribution in [0.4, 0.5) is 26.3 Å². The summed E-state index contributed by atoms with van der Waals surface area (Å²) in [4.78, 5) is 41.1. The average Bonchev–Trinajstić information content (AvgIpc) is 3.93. The summed E-state index contributed by atoms with van der Waals surface area (Å²) in [5.41, 5.74) is 3.50. The lowest BCUT2D eigenvalue weighted by molar-refractivity contribution is -0.133. The number of ether oxygens (including phenoxy) is 1. The SMILES string of the molecule is CCCCCCCCCCCCCC(=O)N1CCN(CC#Cc2ccc(OCCCc3sc(N4CCCc5c4nnc(Nc4nc6ccccc6s4)c5C)nc3C(=O)O)c(F)c2)CC1. The van der Waals surface area contributed by atoms with Crippen molar-refractivity contribution < 1.29 is 23.8 Å². The molecule has 0 saturated carbocycles. The van der Waals surface area contributed by atoms with E-state index < -0.39 is 11.8 Å². The molecule has 0 unspecified atom stereocenters. The third kappa shape index (κ3) is 12.8. The number of carbonyl (C=O) groups is 2. The molecule has 0 radical (unpaired) electrons. The molecular weight excluding hydrogens is 848 g/mol. The van der Waals surface area contributed by atoms with Gasteiger partial charge in [-0.3, -0.25) is 9.69 Å². The monoisotopic (exact) mass is 908 g/mol. The van der Waals surface area contributed by atoms with Crippen LogP contribution in [0.1, 0.15) is 129 Å². The summed E-state index contributed by atoms with van der Waals surface area (Å²) in [5.74, 6) is 6.35. The molecule has 7 rings (SSSR count). The number of piperazine rings is 1. The van der Waals surface area contributed by atoms with Crippen LogP contribution < -0.4 is 15.0 Å². The number of carboxylic acid groups (broad SMARTS) is 1. The number of amides is 1. The molecule has 0 spiro atoms. The molecule has 2 aliphatic rings. The fourth-order valence-electron chi connectivity index (χ4n) is 8.32. The predicted octanol–water partition coefficient (Wildman–Crippen LogP) is 10.7. The second-order valence-corrected chi connectivity index (χ2v) is 18.9. The molecule has 2 N–H and O–H groups in total. The van der Waals surface area contributed by atoms with Crippen LogP contribution in [0, 0.1) is 24.6 Å². The van der Waals surface area contributed by atoms with Gasteiger partial charge in [0.25, 0.3) is 0 Å². The molecule has 0 bridgehead atoms. The summed E-state index contributed by atoms with van der Waals surface area (Å²) < 4.78 is 22.0. The number of aromatic nitrogens is 4. The van der Waals surface area contributed by atoms with Gasteiger partial charge in [-0.15, -0.1) is 21.5 Å². The van der Waals surface area contributed by atoms with Crippen LogP contribution in [0.3, 0.4) is 0 Å². The number of anilines is 4. The number of hydrogen-bond donors (Lipinski definition) is 2. The molecule has 340 valence electrons. The van der Waals surface area contributed by atoms with Crippen molar-refractivity contribution in [2.24, 2.45) is 0 Å². The molecule has 64 heavy (non-hydrogen) atoms. The predicted molar refractivity (Wildman–Crippen MR) is 255 cm³/mol. The molecule has 3 aromatic heterocycles. The first-order valence-electron chi connectivity index (χ1n) is 23.2. The number of fused-ring (bicyclic) bond motifs is 2.